The third-order valence-electron chi connectivity index (χ3n) is 7.32. The second-order valence-electron chi connectivity index (χ2n) is 10.2. The number of fused-ring (bicyclic) bond motifs is 1. The Bertz CT molecular complexity index is 2020. The molecule has 1 aliphatic heterocycles. The van der Waals surface area contributed by atoms with Crippen LogP contribution in [-0.4, -0.2) is 34.0 Å². The standard InChI is InChI=1S/C34H30N4O4S/c1-5-42-33(40)29-22(3)35-34-38(31(29)24-13-11-21(2)12-14-24)32(39)28(43-34)19-25-20-37(26-9-7-6-8-10-26)36-30(25)23-15-17-27(41-4)18-16-23/h6-20,31H,5H2,1-4H3/b28-19-/t31-/m1/s1. The number of ether oxygens (including phenoxy) is 2. The summed E-state index contributed by atoms with van der Waals surface area (Å²) in [7, 11) is 1.63. The normalized spacial score (nSPS) is 14.8. The van der Waals surface area contributed by atoms with E-state index in [0.29, 0.717) is 20.6 Å². The van der Waals surface area contributed by atoms with Crippen molar-refractivity contribution in [2.45, 2.75) is 26.8 Å². The molecule has 0 fully saturated rings. The number of nitrogens with zero attached hydrogens (tertiary/aromatic N) is 4. The molecule has 0 N–H and O–H groups in total. The van der Waals surface area contributed by atoms with Crippen LogP contribution in [0, 0.1) is 6.92 Å². The quantitative estimate of drug-likeness (QED) is 0.250. The molecule has 0 aliphatic carbocycles. The van der Waals surface area contributed by atoms with Gasteiger partial charge in [0.2, 0.25) is 0 Å². The van der Waals surface area contributed by atoms with Gasteiger partial charge in [0.15, 0.2) is 4.80 Å². The molecule has 2 aromatic heterocycles. The lowest BCUT2D eigenvalue weighted by molar-refractivity contribution is -0.139. The average Bonchev–Trinajstić information content (AvgIpc) is 3.58. The summed E-state index contributed by atoms with van der Waals surface area (Å²) in [6.07, 6.45) is 3.77. The fraction of sp³-hybridized carbons (Fsp3) is 0.176. The number of para-hydroxylation sites is 1. The number of esters is 1. The van der Waals surface area contributed by atoms with Crippen LogP contribution < -0.4 is 19.6 Å². The van der Waals surface area contributed by atoms with Crippen LogP contribution in [0.25, 0.3) is 23.0 Å². The molecule has 0 amide bonds. The van der Waals surface area contributed by atoms with Crippen LogP contribution in [0.5, 0.6) is 5.75 Å². The van der Waals surface area contributed by atoms with Crippen LogP contribution in [0.4, 0.5) is 0 Å². The molecule has 6 rings (SSSR count). The third kappa shape index (κ3) is 5.35. The van der Waals surface area contributed by atoms with Gasteiger partial charge >= 0.3 is 5.97 Å². The topological polar surface area (TPSA) is 87.7 Å². The molecule has 43 heavy (non-hydrogen) atoms. The molecule has 3 heterocycles. The Morgan fingerprint density at radius 3 is 2.40 bits per heavy atom. The first-order valence-electron chi connectivity index (χ1n) is 13.9. The SMILES string of the molecule is CCOC(=O)C1=C(C)N=c2s/c(=C\c3cn(-c4ccccc4)nc3-c3ccc(OC)cc3)c(=O)n2[C@@H]1c1ccc(C)cc1. The maximum Gasteiger partial charge on any atom is 0.338 e. The summed E-state index contributed by atoms with van der Waals surface area (Å²) in [5, 5.41) is 4.90. The first-order valence-corrected chi connectivity index (χ1v) is 14.8. The van der Waals surface area contributed by atoms with Gasteiger partial charge in [0.1, 0.15) is 11.4 Å². The van der Waals surface area contributed by atoms with E-state index in [1.165, 1.54) is 11.3 Å². The van der Waals surface area contributed by atoms with Crippen molar-refractivity contribution in [2.75, 3.05) is 13.7 Å². The van der Waals surface area contributed by atoms with Crippen molar-refractivity contribution < 1.29 is 14.3 Å². The summed E-state index contributed by atoms with van der Waals surface area (Å²) < 4.78 is 14.7. The highest BCUT2D eigenvalue weighted by atomic mass is 32.1. The number of rotatable bonds is 7. The van der Waals surface area contributed by atoms with E-state index < -0.39 is 12.0 Å². The lowest BCUT2D eigenvalue weighted by Gasteiger charge is -2.24. The van der Waals surface area contributed by atoms with E-state index in [1.54, 1.807) is 30.2 Å². The summed E-state index contributed by atoms with van der Waals surface area (Å²) in [6.45, 7) is 5.77. The van der Waals surface area contributed by atoms with Crippen molar-refractivity contribution in [2.24, 2.45) is 4.99 Å². The molecule has 0 saturated carbocycles. The minimum absolute atomic E-state index is 0.222. The van der Waals surface area contributed by atoms with Crippen LogP contribution in [0.15, 0.2) is 106 Å². The Hall–Kier alpha value is -5.02. The van der Waals surface area contributed by atoms with Crippen molar-refractivity contribution in [1.82, 2.24) is 14.3 Å². The van der Waals surface area contributed by atoms with Gasteiger partial charge in [-0.3, -0.25) is 9.36 Å². The molecule has 216 valence electrons. The number of hydrogen-bond donors (Lipinski definition) is 0. The minimum Gasteiger partial charge on any atom is -0.497 e. The monoisotopic (exact) mass is 590 g/mol. The van der Waals surface area contributed by atoms with Crippen molar-refractivity contribution in [3.63, 3.8) is 0 Å². The zero-order valence-electron chi connectivity index (χ0n) is 24.3. The lowest BCUT2D eigenvalue weighted by atomic mass is 9.95. The minimum atomic E-state index is -0.661. The highest BCUT2D eigenvalue weighted by Crippen LogP contribution is 2.31. The van der Waals surface area contributed by atoms with Crippen LogP contribution in [0.2, 0.25) is 0 Å². The van der Waals surface area contributed by atoms with Gasteiger partial charge in [0, 0.05) is 17.3 Å². The Balaban J connectivity index is 1.55. The molecule has 8 nitrogen and oxygen atoms in total. The molecule has 0 spiro atoms. The van der Waals surface area contributed by atoms with E-state index in [-0.39, 0.29) is 12.2 Å². The number of benzene rings is 3. The van der Waals surface area contributed by atoms with Crippen molar-refractivity contribution in [1.29, 1.82) is 0 Å². The Morgan fingerprint density at radius 1 is 1.00 bits per heavy atom. The number of carbonyl (C=O) groups excluding carboxylic acids is 1. The zero-order chi connectivity index (χ0) is 30.1. The molecule has 5 aromatic rings. The second-order valence-corrected chi connectivity index (χ2v) is 11.2. The molecular weight excluding hydrogens is 560 g/mol. The predicted molar refractivity (Wildman–Crippen MR) is 167 cm³/mol. The van der Waals surface area contributed by atoms with Crippen molar-refractivity contribution >= 4 is 23.4 Å². The maximum absolute atomic E-state index is 14.2. The van der Waals surface area contributed by atoms with Crippen LogP contribution in [0.3, 0.4) is 0 Å². The van der Waals surface area contributed by atoms with Gasteiger partial charge in [-0.25, -0.2) is 14.5 Å². The fourth-order valence-corrected chi connectivity index (χ4v) is 6.21. The Kier molecular flexibility index (Phi) is 7.65. The van der Waals surface area contributed by atoms with E-state index in [9.17, 15) is 9.59 Å². The Morgan fingerprint density at radius 2 is 1.72 bits per heavy atom. The van der Waals surface area contributed by atoms with Crippen molar-refractivity contribution in [3.8, 4) is 22.7 Å². The molecule has 1 atom stereocenters. The van der Waals surface area contributed by atoms with Crippen molar-refractivity contribution in [3.05, 3.63) is 133 Å². The van der Waals surface area contributed by atoms with E-state index >= 15 is 0 Å². The van der Waals surface area contributed by atoms with Gasteiger partial charge in [0.05, 0.1) is 41.2 Å². The highest BCUT2D eigenvalue weighted by molar-refractivity contribution is 7.07. The predicted octanol–water partition coefficient (Wildman–Crippen LogP) is 4.97. The summed E-state index contributed by atoms with van der Waals surface area (Å²) >= 11 is 1.29. The number of thiazole rings is 1. The van der Waals surface area contributed by atoms with E-state index in [0.717, 1.165) is 39.4 Å². The molecule has 0 radical (unpaired) electrons. The third-order valence-corrected chi connectivity index (χ3v) is 8.31. The van der Waals surface area contributed by atoms with Gasteiger partial charge in [0.25, 0.3) is 5.56 Å². The molecule has 3 aromatic carbocycles. The summed E-state index contributed by atoms with van der Waals surface area (Å²) in [5.41, 5.74) is 5.82. The molecular formula is C34H30N4O4S. The molecule has 1 aliphatic rings. The highest BCUT2D eigenvalue weighted by Gasteiger charge is 2.33. The number of aryl methyl sites for hydroxylation is 1. The van der Waals surface area contributed by atoms with Crippen LogP contribution >= 0.6 is 11.3 Å². The van der Waals surface area contributed by atoms with Gasteiger partial charge in [-0.15, -0.1) is 0 Å². The zero-order valence-corrected chi connectivity index (χ0v) is 25.1. The average molecular weight is 591 g/mol. The van der Waals surface area contributed by atoms with E-state index in [2.05, 4.69) is 0 Å². The summed E-state index contributed by atoms with van der Waals surface area (Å²) in [5.74, 6) is 0.263. The van der Waals surface area contributed by atoms with E-state index in [4.69, 9.17) is 19.6 Å². The summed E-state index contributed by atoms with van der Waals surface area (Å²) in [4.78, 5) is 32.6. The summed E-state index contributed by atoms with van der Waals surface area (Å²) in [6, 6.07) is 24.7. The lowest BCUT2D eigenvalue weighted by Crippen LogP contribution is -2.39. The smallest absolute Gasteiger partial charge is 0.338 e. The Labute approximate surface area is 252 Å². The van der Waals surface area contributed by atoms with Gasteiger partial charge in [-0.2, -0.15) is 5.10 Å². The van der Waals surface area contributed by atoms with E-state index in [1.807, 2.05) is 98.1 Å². The van der Waals surface area contributed by atoms with Gasteiger partial charge in [-0.05, 0) is 68.8 Å². The van der Waals surface area contributed by atoms with Crippen LogP contribution in [0.1, 0.15) is 36.6 Å². The number of aromatic nitrogens is 3. The van der Waals surface area contributed by atoms with Crippen LogP contribution in [-0.2, 0) is 9.53 Å². The number of allylic oxidation sites excluding steroid dienone is 1. The first kappa shape index (κ1) is 28.1. The fourth-order valence-electron chi connectivity index (χ4n) is 5.18. The molecule has 0 unspecified atom stereocenters. The maximum atomic E-state index is 14.2. The molecule has 0 saturated heterocycles. The number of hydrogen-bond acceptors (Lipinski definition) is 7. The molecule has 9 heteroatoms. The largest absolute Gasteiger partial charge is 0.497 e. The molecule has 0 bridgehead atoms. The second kappa shape index (κ2) is 11.7. The number of methoxy groups -OCH3 is 1. The van der Waals surface area contributed by atoms with Gasteiger partial charge in [-0.1, -0.05) is 59.4 Å². The first-order chi connectivity index (χ1) is 20.9. The van der Waals surface area contributed by atoms with Gasteiger partial charge < -0.3 is 9.47 Å². The number of carbonyl (C=O) groups is 1.